The van der Waals surface area contributed by atoms with E-state index in [4.69, 9.17) is 24.6 Å². The molecule has 0 saturated carbocycles. The quantitative estimate of drug-likeness (QED) is 0.425. The van der Waals surface area contributed by atoms with Gasteiger partial charge in [0, 0.05) is 11.1 Å². The Labute approximate surface area is 200 Å². The largest absolute Gasteiger partial charge is 0.494 e. The molecule has 0 unspecified atom stereocenters. The topological polar surface area (TPSA) is 131 Å². The molecule has 35 heavy (non-hydrogen) atoms. The number of carbonyl (C=O) groups is 2. The molecule has 3 aromatic rings. The average molecular weight is 479 g/mol. The summed E-state index contributed by atoms with van der Waals surface area (Å²) in [7, 11) is 2.84. The Kier molecular flexibility index (Phi) is 8.32. The van der Waals surface area contributed by atoms with E-state index in [9.17, 15) is 14.0 Å². The van der Waals surface area contributed by atoms with Crippen LogP contribution in [0, 0.1) is 17.1 Å². The Morgan fingerprint density at radius 2 is 1.80 bits per heavy atom. The van der Waals surface area contributed by atoms with E-state index in [0.717, 1.165) is 6.07 Å². The van der Waals surface area contributed by atoms with Crippen LogP contribution in [-0.2, 0) is 0 Å². The molecule has 3 rings (SSSR count). The number of hydrogen-bond donors (Lipinski definition) is 2. The van der Waals surface area contributed by atoms with Gasteiger partial charge in [-0.25, -0.2) is 9.37 Å². The van der Waals surface area contributed by atoms with E-state index in [0.29, 0.717) is 22.8 Å². The smallest absolute Gasteiger partial charge is 0.251 e. The SMILES string of the molecule is COc1cc(C(=O)NCC(=O)c2ccc(OC)c(-c3ccc(F)c(C#N)c3)n2)ccc1OCCO. The van der Waals surface area contributed by atoms with Crippen molar-refractivity contribution in [3.8, 4) is 34.6 Å². The number of aliphatic hydroxyl groups excluding tert-OH is 1. The van der Waals surface area contributed by atoms with Crippen molar-refractivity contribution in [1.82, 2.24) is 10.3 Å². The fraction of sp³-hybridized carbons (Fsp3) is 0.200. The van der Waals surface area contributed by atoms with Gasteiger partial charge in [0.15, 0.2) is 17.3 Å². The number of nitrogens with zero attached hydrogens (tertiary/aromatic N) is 2. The van der Waals surface area contributed by atoms with Crippen LogP contribution in [0.15, 0.2) is 48.5 Å². The molecular formula is C25H22FN3O6. The summed E-state index contributed by atoms with van der Waals surface area (Å²) in [6.45, 7) is -0.437. The van der Waals surface area contributed by atoms with E-state index in [1.807, 2.05) is 0 Å². The lowest BCUT2D eigenvalue weighted by molar-refractivity contribution is 0.0902. The first-order chi connectivity index (χ1) is 16.9. The number of ether oxygens (including phenoxy) is 3. The number of aliphatic hydroxyl groups is 1. The molecule has 0 spiro atoms. The first-order valence-electron chi connectivity index (χ1n) is 10.4. The van der Waals surface area contributed by atoms with Crippen LogP contribution in [0.3, 0.4) is 0 Å². The molecule has 0 aliphatic rings. The van der Waals surface area contributed by atoms with Crippen molar-refractivity contribution in [2.45, 2.75) is 0 Å². The molecule has 0 aliphatic carbocycles. The van der Waals surface area contributed by atoms with E-state index in [1.165, 1.54) is 56.7 Å². The minimum Gasteiger partial charge on any atom is -0.494 e. The highest BCUT2D eigenvalue weighted by molar-refractivity contribution is 6.01. The van der Waals surface area contributed by atoms with Crippen LogP contribution < -0.4 is 19.5 Å². The van der Waals surface area contributed by atoms with Gasteiger partial charge in [0.2, 0.25) is 0 Å². The molecule has 0 aliphatic heterocycles. The van der Waals surface area contributed by atoms with Gasteiger partial charge in [-0.2, -0.15) is 5.26 Å². The van der Waals surface area contributed by atoms with Crippen molar-refractivity contribution in [1.29, 1.82) is 5.26 Å². The van der Waals surface area contributed by atoms with Crippen molar-refractivity contribution in [2.24, 2.45) is 0 Å². The third-order valence-corrected chi connectivity index (χ3v) is 4.91. The van der Waals surface area contributed by atoms with Crippen molar-refractivity contribution in [2.75, 3.05) is 34.0 Å². The lowest BCUT2D eigenvalue weighted by Crippen LogP contribution is -2.30. The molecule has 2 aromatic carbocycles. The zero-order valence-corrected chi connectivity index (χ0v) is 19.0. The summed E-state index contributed by atoms with van der Waals surface area (Å²) in [5.41, 5.74) is 0.774. The minimum absolute atomic E-state index is 0.0502. The van der Waals surface area contributed by atoms with E-state index in [2.05, 4.69) is 10.3 Å². The third kappa shape index (κ3) is 5.90. The number of amides is 1. The molecule has 2 N–H and O–H groups in total. The summed E-state index contributed by atoms with van der Waals surface area (Å²) >= 11 is 0. The zero-order valence-electron chi connectivity index (χ0n) is 19.0. The van der Waals surface area contributed by atoms with Gasteiger partial charge >= 0.3 is 0 Å². The van der Waals surface area contributed by atoms with E-state index < -0.39 is 17.5 Å². The lowest BCUT2D eigenvalue weighted by Gasteiger charge is -2.12. The molecule has 180 valence electrons. The maximum Gasteiger partial charge on any atom is 0.251 e. The highest BCUT2D eigenvalue weighted by atomic mass is 19.1. The van der Waals surface area contributed by atoms with Crippen LogP contribution in [-0.4, -0.2) is 55.8 Å². The normalized spacial score (nSPS) is 10.3. The second-order valence-electron chi connectivity index (χ2n) is 7.10. The van der Waals surface area contributed by atoms with Crippen molar-refractivity contribution in [3.05, 3.63) is 71.2 Å². The summed E-state index contributed by atoms with van der Waals surface area (Å²) in [5, 5.41) is 20.5. The van der Waals surface area contributed by atoms with Crippen LogP contribution in [0.1, 0.15) is 26.4 Å². The van der Waals surface area contributed by atoms with Gasteiger partial charge < -0.3 is 24.6 Å². The monoisotopic (exact) mass is 479 g/mol. The van der Waals surface area contributed by atoms with Crippen LogP contribution in [0.5, 0.6) is 17.2 Å². The number of pyridine rings is 1. The van der Waals surface area contributed by atoms with Gasteiger partial charge in [-0.15, -0.1) is 0 Å². The Morgan fingerprint density at radius 1 is 1.06 bits per heavy atom. The number of aromatic nitrogens is 1. The molecule has 9 nitrogen and oxygen atoms in total. The van der Waals surface area contributed by atoms with Gasteiger partial charge in [-0.05, 0) is 48.5 Å². The number of rotatable bonds is 10. The number of carbonyl (C=O) groups excluding carboxylic acids is 2. The average Bonchev–Trinajstić information content (AvgIpc) is 2.90. The first-order valence-corrected chi connectivity index (χ1v) is 10.4. The maximum absolute atomic E-state index is 13.7. The lowest BCUT2D eigenvalue weighted by atomic mass is 10.1. The molecule has 1 amide bonds. The second kappa shape index (κ2) is 11.6. The van der Waals surface area contributed by atoms with Crippen LogP contribution in [0.2, 0.25) is 0 Å². The molecular weight excluding hydrogens is 457 g/mol. The van der Waals surface area contributed by atoms with Gasteiger partial charge in [0.25, 0.3) is 5.91 Å². The van der Waals surface area contributed by atoms with Gasteiger partial charge in [0.1, 0.15) is 35.6 Å². The molecule has 0 radical (unpaired) electrons. The fourth-order valence-electron chi connectivity index (χ4n) is 3.17. The van der Waals surface area contributed by atoms with Gasteiger partial charge in [0.05, 0.1) is 32.9 Å². The molecule has 1 aromatic heterocycles. The first kappa shape index (κ1) is 25.1. The number of hydrogen-bond acceptors (Lipinski definition) is 8. The predicted molar refractivity (Wildman–Crippen MR) is 123 cm³/mol. The molecule has 0 bridgehead atoms. The predicted octanol–water partition coefficient (Wildman–Crippen LogP) is 2.76. The summed E-state index contributed by atoms with van der Waals surface area (Å²) in [6, 6.07) is 13.1. The van der Waals surface area contributed by atoms with E-state index in [1.54, 1.807) is 6.07 Å². The second-order valence-corrected chi connectivity index (χ2v) is 7.10. The summed E-state index contributed by atoms with van der Waals surface area (Å²) in [4.78, 5) is 29.6. The Hall–Kier alpha value is -4.49. The van der Waals surface area contributed by atoms with Crippen molar-refractivity contribution in [3.63, 3.8) is 0 Å². The van der Waals surface area contributed by atoms with Gasteiger partial charge in [-0.3, -0.25) is 9.59 Å². The number of benzene rings is 2. The number of nitrogens with one attached hydrogen (secondary N) is 1. The standard InChI is InChI=1S/C25H22FN3O6/c1-33-22-8-6-19(29-24(22)15-3-5-18(26)17(11-15)13-27)20(31)14-28-25(32)16-4-7-21(35-10-9-30)23(12-16)34-2/h3-8,11-12,30H,9-10,14H2,1-2H3,(H,28,32). The summed E-state index contributed by atoms with van der Waals surface area (Å²) in [6.07, 6.45) is 0. The fourth-order valence-corrected chi connectivity index (χ4v) is 3.17. The highest BCUT2D eigenvalue weighted by Crippen LogP contribution is 2.30. The van der Waals surface area contributed by atoms with Crippen LogP contribution in [0.4, 0.5) is 4.39 Å². The van der Waals surface area contributed by atoms with Gasteiger partial charge in [-0.1, -0.05) is 0 Å². The number of Topliss-reactive ketones (excluding diaryl/α,β-unsaturated/α-hetero) is 1. The third-order valence-electron chi connectivity index (χ3n) is 4.91. The Bertz CT molecular complexity index is 1290. The molecule has 10 heteroatoms. The van der Waals surface area contributed by atoms with Crippen molar-refractivity contribution < 1.29 is 33.3 Å². The summed E-state index contributed by atoms with van der Waals surface area (Å²) < 4.78 is 29.6. The van der Waals surface area contributed by atoms with Crippen LogP contribution in [0.25, 0.3) is 11.3 Å². The zero-order chi connectivity index (χ0) is 25.4. The number of halogens is 1. The molecule has 0 fully saturated rings. The number of ketones is 1. The van der Waals surface area contributed by atoms with E-state index >= 15 is 0 Å². The molecule has 1 heterocycles. The molecule has 0 atom stereocenters. The van der Waals surface area contributed by atoms with E-state index in [-0.39, 0.29) is 42.3 Å². The highest BCUT2D eigenvalue weighted by Gasteiger charge is 2.17. The summed E-state index contributed by atoms with van der Waals surface area (Å²) in [5.74, 6) is -0.665. The van der Waals surface area contributed by atoms with Crippen molar-refractivity contribution >= 4 is 11.7 Å². The minimum atomic E-state index is -0.671. The maximum atomic E-state index is 13.7. The molecule has 0 saturated heterocycles. The van der Waals surface area contributed by atoms with Crippen LogP contribution >= 0.6 is 0 Å². The number of nitriles is 1. The Balaban J connectivity index is 1.76. The number of methoxy groups -OCH3 is 2. The Morgan fingerprint density at radius 3 is 2.49 bits per heavy atom.